The third-order valence-electron chi connectivity index (χ3n) is 2.46. The number of benzene rings is 1. The standard InChI is InChI=1S/C11H10F3N3OS/c1-17-9(6-15-16-17)10(18)7-2-4-8(5-3-7)19-11(12,13)14/h2-6,10,18H,1H3. The molecule has 0 aliphatic carbocycles. The quantitative estimate of drug-likeness (QED) is 0.882. The van der Waals surface area contributed by atoms with Gasteiger partial charge in [0.1, 0.15) is 6.10 Å². The van der Waals surface area contributed by atoms with Crippen LogP contribution in [0.25, 0.3) is 0 Å². The van der Waals surface area contributed by atoms with E-state index in [0.717, 1.165) is 0 Å². The highest BCUT2D eigenvalue weighted by Gasteiger charge is 2.29. The zero-order chi connectivity index (χ0) is 14.0. The topological polar surface area (TPSA) is 50.9 Å². The van der Waals surface area contributed by atoms with E-state index >= 15 is 0 Å². The second-order valence-corrected chi connectivity index (χ2v) is 4.94. The van der Waals surface area contributed by atoms with Crippen LogP contribution in [0, 0.1) is 0 Å². The summed E-state index contributed by atoms with van der Waals surface area (Å²) in [6.45, 7) is 0. The van der Waals surface area contributed by atoms with E-state index in [0.29, 0.717) is 11.3 Å². The summed E-state index contributed by atoms with van der Waals surface area (Å²) in [7, 11) is 1.62. The number of hydrogen-bond donors (Lipinski definition) is 1. The Bertz CT molecular complexity index is 553. The SMILES string of the molecule is Cn1nncc1C(O)c1ccc(SC(F)(F)F)cc1. The number of aryl methyl sites for hydroxylation is 1. The Hall–Kier alpha value is -1.54. The van der Waals surface area contributed by atoms with E-state index in [1.165, 1.54) is 35.1 Å². The van der Waals surface area contributed by atoms with Crippen LogP contribution in [-0.2, 0) is 7.05 Å². The molecule has 0 bridgehead atoms. The average Bonchev–Trinajstić information content (AvgIpc) is 2.73. The van der Waals surface area contributed by atoms with Crippen LogP contribution in [-0.4, -0.2) is 25.6 Å². The van der Waals surface area contributed by atoms with Crippen molar-refractivity contribution in [1.29, 1.82) is 0 Å². The number of nitrogens with zero attached hydrogens (tertiary/aromatic N) is 3. The maximum Gasteiger partial charge on any atom is 0.446 e. The van der Waals surface area contributed by atoms with E-state index in [4.69, 9.17) is 0 Å². The van der Waals surface area contributed by atoms with Gasteiger partial charge in [-0.2, -0.15) is 13.2 Å². The molecule has 0 amide bonds. The largest absolute Gasteiger partial charge is 0.446 e. The Morgan fingerprint density at radius 1 is 1.26 bits per heavy atom. The minimum atomic E-state index is -4.31. The number of alkyl halides is 3. The second kappa shape index (κ2) is 5.22. The molecule has 1 aromatic heterocycles. The molecule has 1 unspecified atom stereocenters. The molecule has 0 spiro atoms. The molecule has 0 radical (unpaired) electrons. The number of thioether (sulfide) groups is 1. The van der Waals surface area contributed by atoms with E-state index in [1.54, 1.807) is 7.05 Å². The summed E-state index contributed by atoms with van der Waals surface area (Å²) in [5.74, 6) is 0. The lowest BCUT2D eigenvalue weighted by Gasteiger charge is -2.11. The summed E-state index contributed by atoms with van der Waals surface area (Å²) >= 11 is -0.190. The Balaban J connectivity index is 2.17. The van der Waals surface area contributed by atoms with Gasteiger partial charge >= 0.3 is 5.51 Å². The lowest BCUT2D eigenvalue weighted by atomic mass is 10.1. The number of halogens is 3. The van der Waals surface area contributed by atoms with Gasteiger partial charge in [-0.15, -0.1) is 5.10 Å². The molecule has 1 atom stereocenters. The maximum absolute atomic E-state index is 12.2. The zero-order valence-corrected chi connectivity index (χ0v) is 10.6. The van der Waals surface area contributed by atoms with Gasteiger partial charge in [0.15, 0.2) is 0 Å². The van der Waals surface area contributed by atoms with Crippen molar-refractivity contribution in [1.82, 2.24) is 15.0 Å². The summed E-state index contributed by atoms with van der Waals surface area (Å²) < 4.78 is 37.9. The highest BCUT2D eigenvalue weighted by atomic mass is 32.2. The van der Waals surface area contributed by atoms with Crippen molar-refractivity contribution in [2.75, 3.05) is 0 Å². The minimum Gasteiger partial charge on any atom is -0.382 e. The molecule has 0 fully saturated rings. The lowest BCUT2D eigenvalue weighted by Crippen LogP contribution is -2.06. The summed E-state index contributed by atoms with van der Waals surface area (Å²) in [4.78, 5) is 0.0755. The summed E-state index contributed by atoms with van der Waals surface area (Å²) in [5, 5.41) is 17.4. The van der Waals surface area contributed by atoms with Crippen LogP contribution >= 0.6 is 11.8 Å². The first-order valence-electron chi connectivity index (χ1n) is 5.25. The number of aromatic nitrogens is 3. The van der Waals surface area contributed by atoms with Crippen LogP contribution < -0.4 is 0 Å². The van der Waals surface area contributed by atoms with Crippen LogP contribution in [0.1, 0.15) is 17.4 Å². The van der Waals surface area contributed by atoms with Gasteiger partial charge in [0, 0.05) is 11.9 Å². The van der Waals surface area contributed by atoms with E-state index < -0.39 is 11.6 Å². The molecule has 4 nitrogen and oxygen atoms in total. The first kappa shape index (κ1) is 13.9. The van der Waals surface area contributed by atoms with E-state index in [2.05, 4.69) is 10.3 Å². The van der Waals surface area contributed by atoms with Crippen molar-refractivity contribution in [2.24, 2.45) is 7.05 Å². The molecule has 0 saturated carbocycles. The highest BCUT2D eigenvalue weighted by Crippen LogP contribution is 2.37. The zero-order valence-electron chi connectivity index (χ0n) is 9.80. The minimum absolute atomic E-state index is 0.0755. The predicted octanol–water partition coefficient (Wildman–Crippen LogP) is 2.51. The molecule has 1 N–H and O–H groups in total. The van der Waals surface area contributed by atoms with Crippen molar-refractivity contribution in [3.8, 4) is 0 Å². The Labute approximate surface area is 111 Å². The molecule has 102 valence electrons. The van der Waals surface area contributed by atoms with Crippen molar-refractivity contribution < 1.29 is 18.3 Å². The van der Waals surface area contributed by atoms with Gasteiger partial charge in [-0.1, -0.05) is 17.3 Å². The smallest absolute Gasteiger partial charge is 0.382 e. The molecule has 1 heterocycles. The molecule has 0 aliphatic heterocycles. The third kappa shape index (κ3) is 3.48. The molecule has 8 heteroatoms. The summed E-state index contributed by atoms with van der Waals surface area (Å²) in [6.07, 6.45) is 0.438. The van der Waals surface area contributed by atoms with Crippen LogP contribution in [0.15, 0.2) is 35.4 Å². The van der Waals surface area contributed by atoms with Crippen LogP contribution in [0.3, 0.4) is 0 Å². The average molecular weight is 289 g/mol. The van der Waals surface area contributed by atoms with Crippen molar-refractivity contribution in [2.45, 2.75) is 16.5 Å². The molecule has 0 aliphatic rings. The number of aliphatic hydroxyl groups excluding tert-OH is 1. The second-order valence-electron chi connectivity index (χ2n) is 3.80. The van der Waals surface area contributed by atoms with Gasteiger partial charge < -0.3 is 5.11 Å². The first-order valence-corrected chi connectivity index (χ1v) is 6.07. The molecule has 2 aromatic rings. The van der Waals surface area contributed by atoms with Gasteiger partial charge in [-0.05, 0) is 29.5 Å². The first-order chi connectivity index (χ1) is 8.87. The van der Waals surface area contributed by atoms with Gasteiger partial charge in [-0.3, -0.25) is 0 Å². The molecular weight excluding hydrogens is 279 g/mol. The Morgan fingerprint density at radius 3 is 2.37 bits per heavy atom. The number of aliphatic hydroxyl groups is 1. The van der Waals surface area contributed by atoms with Crippen LogP contribution in [0.2, 0.25) is 0 Å². The normalized spacial score (nSPS) is 13.5. The predicted molar refractivity (Wildman–Crippen MR) is 63.4 cm³/mol. The van der Waals surface area contributed by atoms with Crippen molar-refractivity contribution in [3.63, 3.8) is 0 Å². The molecule has 0 saturated heterocycles. The fourth-order valence-corrected chi connectivity index (χ4v) is 2.11. The molecule has 1 aromatic carbocycles. The molecular formula is C11H10F3N3OS. The maximum atomic E-state index is 12.2. The Kier molecular flexibility index (Phi) is 3.81. The molecule has 19 heavy (non-hydrogen) atoms. The van der Waals surface area contributed by atoms with Gasteiger partial charge in [0.2, 0.25) is 0 Å². The summed E-state index contributed by atoms with van der Waals surface area (Å²) in [6, 6.07) is 5.54. The van der Waals surface area contributed by atoms with Crippen molar-refractivity contribution in [3.05, 3.63) is 41.7 Å². The van der Waals surface area contributed by atoms with Crippen LogP contribution in [0.5, 0.6) is 0 Å². The Morgan fingerprint density at radius 2 is 1.89 bits per heavy atom. The van der Waals surface area contributed by atoms with Gasteiger partial charge in [-0.25, -0.2) is 4.68 Å². The lowest BCUT2D eigenvalue weighted by molar-refractivity contribution is -0.0328. The van der Waals surface area contributed by atoms with Gasteiger partial charge in [0.05, 0.1) is 11.9 Å². The van der Waals surface area contributed by atoms with Crippen molar-refractivity contribution >= 4 is 11.8 Å². The number of hydrogen-bond acceptors (Lipinski definition) is 4. The monoisotopic (exact) mass is 289 g/mol. The van der Waals surface area contributed by atoms with E-state index in [-0.39, 0.29) is 16.7 Å². The third-order valence-corrected chi connectivity index (χ3v) is 3.20. The van der Waals surface area contributed by atoms with Gasteiger partial charge in [0.25, 0.3) is 0 Å². The van der Waals surface area contributed by atoms with E-state index in [9.17, 15) is 18.3 Å². The number of rotatable bonds is 3. The summed E-state index contributed by atoms with van der Waals surface area (Å²) in [5.41, 5.74) is -3.36. The van der Waals surface area contributed by atoms with Crippen LogP contribution in [0.4, 0.5) is 13.2 Å². The highest BCUT2D eigenvalue weighted by molar-refractivity contribution is 8.00. The fourth-order valence-electron chi connectivity index (χ4n) is 1.57. The fraction of sp³-hybridized carbons (Fsp3) is 0.273. The molecule has 2 rings (SSSR count). The van der Waals surface area contributed by atoms with E-state index in [1.807, 2.05) is 0 Å².